The summed E-state index contributed by atoms with van der Waals surface area (Å²) in [4.78, 5) is 30.9. The molecule has 3 heterocycles. The zero-order valence-electron chi connectivity index (χ0n) is 15.4. The molecule has 0 unspecified atom stereocenters. The van der Waals surface area contributed by atoms with Gasteiger partial charge in [-0.05, 0) is 50.4 Å². The van der Waals surface area contributed by atoms with Crippen LogP contribution in [0.3, 0.4) is 0 Å². The number of nitrogens with zero attached hydrogens (tertiary/aromatic N) is 2. The number of para-hydroxylation sites is 1. The first-order valence-electron chi connectivity index (χ1n) is 9.45. The second-order valence-corrected chi connectivity index (χ2v) is 7.44. The van der Waals surface area contributed by atoms with E-state index in [1.54, 1.807) is 6.07 Å². The van der Waals surface area contributed by atoms with Crippen LogP contribution in [0.25, 0.3) is 10.9 Å². The van der Waals surface area contributed by atoms with Crippen molar-refractivity contribution in [3.63, 3.8) is 0 Å². The van der Waals surface area contributed by atoms with Crippen molar-refractivity contribution in [1.29, 1.82) is 0 Å². The van der Waals surface area contributed by atoms with Crippen LogP contribution in [-0.4, -0.2) is 45.6 Å². The maximum Gasteiger partial charge on any atom is 0.322 e. The van der Waals surface area contributed by atoms with E-state index in [0.29, 0.717) is 18.5 Å². The summed E-state index contributed by atoms with van der Waals surface area (Å²) in [6.07, 6.45) is 2.29. The molecule has 0 spiro atoms. The molecule has 142 valence electrons. The van der Waals surface area contributed by atoms with Crippen LogP contribution in [-0.2, 0) is 11.3 Å². The number of benzene rings is 1. The molecule has 1 aromatic carbocycles. The summed E-state index contributed by atoms with van der Waals surface area (Å²) in [5, 5.41) is 16.2. The Morgan fingerprint density at radius 1 is 1.22 bits per heavy atom. The van der Waals surface area contributed by atoms with Gasteiger partial charge in [0.15, 0.2) is 0 Å². The third-order valence-corrected chi connectivity index (χ3v) is 5.95. The largest absolute Gasteiger partial charge is 0.506 e. The lowest BCUT2D eigenvalue weighted by Crippen LogP contribution is -2.55. The van der Waals surface area contributed by atoms with Gasteiger partial charge in [-0.2, -0.15) is 0 Å². The first-order chi connectivity index (χ1) is 13.0. The highest BCUT2D eigenvalue weighted by Crippen LogP contribution is 2.34. The molecule has 3 N–H and O–H groups in total. The Morgan fingerprint density at radius 3 is 2.67 bits per heavy atom. The Morgan fingerprint density at radius 2 is 2.00 bits per heavy atom. The van der Waals surface area contributed by atoms with Crippen LogP contribution in [0.2, 0.25) is 0 Å². The number of phenols is 1. The monoisotopic (exact) mass is 368 g/mol. The van der Waals surface area contributed by atoms with Gasteiger partial charge in [0.05, 0.1) is 5.69 Å². The van der Waals surface area contributed by atoms with Crippen molar-refractivity contribution < 1.29 is 14.7 Å². The first kappa shape index (κ1) is 17.7. The van der Waals surface area contributed by atoms with Crippen LogP contribution in [0.1, 0.15) is 31.9 Å². The number of fused-ring (bicyclic) bond motifs is 1. The van der Waals surface area contributed by atoms with Gasteiger partial charge < -0.3 is 10.4 Å². The number of aromatic nitrogens is 1. The van der Waals surface area contributed by atoms with Crippen molar-refractivity contribution in [3.8, 4) is 5.75 Å². The van der Waals surface area contributed by atoms with Crippen LogP contribution in [0.5, 0.6) is 5.75 Å². The quantitative estimate of drug-likeness (QED) is 0.719. The number of pyridine rings is 1. The number of hydrogen-bond donors (Lipinski definition) is 3. The van der Waals surface area contributed by atoms with Crippen molar-refractivity contribution in [2.75, 3.05) is 13.1 Å². The smallest absolute Gasteiger partial charge is 0.322 e. The van der Waals surface area contributed by atoms with Gasteiger partial charge in [-0.1, -0.05) is 25.1 Å². The van der Waals surface area contributed by atoms with E-state index >= 15 is 0 Å². The van der Waals surface area contributed by atoms with Crippen LogP contribution < -0.4 is 10.6 Å². The lowest BCUT2D eigenvalue weighted by Gasteiger charge is -2.40. The second kappa shape index (κ2) is 6.81. The first-order valence-corrected chi connectivity index (χ1v) is 9.45. The number of aromatic hydroxyl groups is 1. The molecule has 7 heteroatoms. The third kappa shape index (κ3) is 3.12. The lowest BCUT2D eigenvalue weighted by atomic mass is 9.76. The van der Waals surface area contributed by atoms with Gasteiger partial charge >= 0.3 is 6.03 Å². The van der Waals surface area contributed by atoms with E-state index in [4.69, 9.17) is 0 Å². The van der Waals surface area contributed by atoms with Crippen molar-refractivity contribution in [2.45, 2.75) is 38.3 Å². The Kier molecular flexibility index (Phi) is 4.47. The van der Waals surface area contributed by atoms with Crippen LogP contribution in [0.4, 0.5) is 4.79 Å². The zero-order valence-corrected chi connectivity index (χ0v) is 15.4. The van der Waals surface area contributed by atoms with E-state index < -0.39 is 5.54 Å². The summed E-state index contributed by atoms with van der Waals surface area (Å²) in [5.74, 6) is 0.139. The lowest BCUT2D eigenvalue weighted by molar-refractivity contribution is -0.126. The predicted molar refractivity (Wildman–Crippen MR) is 101 cm³/mol. The van der Waals surface area contributed by atoms with Gasteiger partial charge in [0.1, 0.15) is 16.8 Å². The minimum atomic E-state index is -0.768. The number of urea groups is 1. The molecule has 0 radical (unpaired) electrons. The van der Waals surface area contributed by atoms with Crippen LogP contribution in [0, 0.1) is 5.92 Å². The number of nitrogens with one attached hydrogen (secondary N) is 2. The number of amides is 3. The van der Waals surface area contributed by atoms with Gasteiger partial charge in [-0.25, -0.2) is 9.78 Å². The number of hydrogen-bond acceptors (Lipinski definition) is 5. The topological polar surface area (TPSA) is 94.6 Å². The van der Waals surface area contributed by atoms with Gasteiger partial charge in [0, 0.05) is 11.9 Å². The number of piperidine rings is 1. The van der Waals surface area contributed by atoms with Crippen molar-refractivity contribution in [1.82, 2.24) is 20.5 Å². The highest BCUT2D eigenvalue weighted by atomic mass is 16.3. The molecular formula is C20H24N4O3. The maximum atomic E-state index is 12.3. The minimum absolute atomic E-state index is 0.138. The summed E-state index contributed by atoms with van der Waals surface area (Å²) in [5.41, 5.74) is 0.774. The van der Waals surface area contributed by atoms with E-state index in [-0.39, 0.29) is 23.6 Å². The third-order valence-electron chi connectivity index (χ3n) is 5.95. The number of phenolic OH excluding ortho intramolecular Hbond substituents is 1. The molecule has 0 aliphatic carbocycles. The molecule has 2 aliphatic rings. The average Bonchev–Trinajstić information content (AvgIpc) is 2.97. The van der Waals surface area contributed by atoms with Crippen molar-refractivity contribution in [3.05, 3.63) is 36.0 Å². The van der Waals surface area contributed by atoms with E-state index in [1.165, 1.54) is 0 Å². The number of likely N-dealkylation sites (tertiary alicyclic amines) is 1. The Bertz CT molecular complexity index is 892. The highest BCUT2D eigenvalue weighted by molar-refractivity contribution is 6.07. The number of carbonyl (C=O) groups is 2. The molecular weight excluding hydrogens is 344 g/mol. The van der Waals surface area contributed by atoms with Crippen molar-refractivity contribution >= 4 is 22.8 Å². The average molecular weight is 368 g/mol. The molecule has 7 nitrogen and oxygen atoms in total. The van der Waals surface area contributed by atoms with Gasteiger partial charge in [-0.3, -0.25) is 15.0 Å². The maximum absolute atomic E-state index is 12.3. The van der Waals surface area contributed by atoms with E-state index in [0.717, 1.165) is 37.0 Å². The second-order valence-electron chi connectivity index (χ2n) is 7.44. The summed E-state index contributed by atoms with van der Waals surface area (Å²) in [6, 6.07) is 8.98. The molecule has 2 saturated heterocycles. The SMILES string of the molecule is CC[C@@]1(C2CCN(Cc3ccc4cccc(O)c4n3)CC2)NC(=O)NC1=O. The molecule has 2 fully saturated rings. The molecule has 2 aliphatic heterocycles. The predicted octanol–water partition coefficient (Wildman–Crippen LogP) is 2.14. The molecule has 2 aromatic rings. The molecule has 4 rings (SSSR count). The molecule has 27 heavy (non-hydrogen) atoms. The highest BCUT2D eigenvalue weighted by Gasteiger charge is 2.50. The summed E-state index contributed by atoms with van der Waals surface area (Å²) in [6.45, 7) is 4.34. The van der Waals surface area contributed by atoms with Crippen LogP contribution >= 0.6 is 0 Å². The molecule has 0 saturated carbocycles. The zero-order chi connectivity index (χ0) is 19.0. The fraction of sp³-hybridized carbons (Fsp3) is 0.450. The summed E-state index contributed by atoms with van der Waals surface area (Å²) in [7, 11) is 0. The van der Waals surface area contributed by atoms with Gasteiger partial charge in [0.2, 0.25) is 0 Å². The standard InChI is InChI=1S/C20H24N4O3/c1-2-20(18(26)22-19(27)23-20)14-8-10-24(11-9-14)12-15-7-6-13-4-3-5-16(25)17(13)21-15/h3-7,14,25H,2,8-12H2,1H3,(H2,22,23,26,27)/t20-/m0/s1. The Labute approximate surface area is 157 Å². The fourth-order valence-electron chi connectivity index (χ4n) is 4.40. The Hall–Kier alpha value is -2.67. The van der Waals surface area contributed by atoms with E-state index in [2.05, 4.69) is 20.5 Å². The molecule has 1 atom stereocenters. The molecule has 1 aromatic heterocycles. The van der Waals surface area contributed by atoms with Gasteiger partial charge in [-0.15, -0.1) is 0 Å². The Balaban J connectivity index is 1.43. The number of rotatable bonds is 4. The van der Waals surface area contributed by atoms with Crippen LogP contribution in [0.15, 0.2) is 30.3 Å². The van der Waals surface area contributed by atoms with Crippen molar-refractivity contribution in [2.24, 2.45) is 5.92 Å². The van der Waals surface area contributed by atoms with E-state index in [1.807, 2.05) is 31.2 Å². The van der Waals surface area contributed by atoms with Gasteiger partial charge in [0.25, 0.3) is 5.91 Å². The normalized spacial score (nSPS) is 24.2. The number of imide groups is 1. The number of carbonyl (C=O) groups excluding carboxylic acids is 2. The fourth-order valence-corrected chi connectivity index (χ4v) is 4.40. The summed E-state index contributed by atoms with van der Waals surface area (Å²) < 4.78 is 0. The minimum Gasteiger partial charge on any atom is -0.506 e. The molecule has 0 bridgehead atoms. The summed E-state index contributed by atoms with van der Waals surface area (Å²) >= 11 is 0. The molecule has 3 amide bonds. The van der Waals surface area contributed by atoms with E-state index in [9.17, 15) is 14.7 Å².